The number of hydrogen-bond donors (Lipinski definition) is 0. The van der Waals surface area contributed by atoms with Gasteiger partial charge in [0.2, 0.25) is 0 Å². The Kier molecular flexibility index (Phi) is 15.2. The summed E-state index contributed by atoms with van der Waals surface area (Å²) in [6, 6.07) is 0. The molecule has 0 aliphatic carbocycles. The molecule has 0 aliphatic rings. The monoisotopic (exact) mass is 140 g/mol. The van der Waals surface area contributed by atoms with Crippen LogP contribution in [0.15, 0.2) is 0 Å². The Hall–Kier alpha value is 0.738. The maximum atomic E-state index is 4.96. The van der Waals surface area contributed by atoms with Gasteiger partial charge in [0.05, 0.1) is 7.17 Å². The molecule has 0 saturated heterocycles. The summed E-state index contributed by atoms with van der Waals surface area (Å²) >= 11 is 0. The van der Waals surface area contributed by atoms with Gasteiger partial charge < -0.3 is 0 Å². The second-order valence-corrected chi connectivity index (χ2v) is 0.836. The van der Waals surface area contributed by atoms with Crippen molar-refractivity contribution in [3.63, 3.8) is 0 Å². The first-order chi connectivity index (χ1) is 2.41. The van der Waals surface area contributed by atoms with Crippen LogP contribution in [-0.4, -0.2) is 39.6 Å². The Labute approximate surface area is 53.3 Å². The third-order valence-corrected chi connectivity index (χ3v) is 0.372. The summed E-state index contributed by atoms with van der Waals surface area (Å²) in [5, 5.41) is 0. The van der Waals surface area contributed by atoms with Crippen molar-refractivity contribution in [3.8, 4) is 0 Å². The molecule has 0 aliphatic heterocycles. The van der Waals surface area contributed by atoms with Crippen LogP contribution in [0.25, 0.3) is 0 Å². The summed E-state index contributed by atoms with van der Waals surface area (Å²) in [6.45, 7) is 2.04. The molecule has 0 spiro atoms. The normalized spacial score (nSPS) is 5.50. The van der Waals surface area contributed by atoms with E-state index in [1.807, 2.05) is 14.1 Å². The minimum absolute atomic E-state index is 0. The molecule has 0 unspecified atom stereocenters. The Bertz CT molecular complexity index is 16.3. The van der Waals surface area contributed by atoms with Crippen LogP contribution in [0.1, 0.15) is 6.92 Å². The van der Waals surface area contributed by atoms with Gasteiger partial charge in [-0.05, 0) is 0 Å². The third kappa shape index (κ3) is 8.83. The van der Waals surface area contributed by atoms with Crippen molar-refractivity contribution in [1.29, 1.82) is 0 Å². The first-order valence-electron chi connectivity index (χ1n) is 1.78. The van der Waals surface area contributed by atoms with Crippen molar-refractivity contribution in [2.45, 2.75) is 13.2 Å². The number of rotatable bonds is 2. The van der Waals surface area contributed by atoms with Crippen LogP contribution in [0.2, 0.25) is 6.32 Å². The summed E-state index contributed by atoms with van der Waals surface area (Å²) < 4.78 is 0. The van der Waals surface area contributed by atoms with E-state index in [-0.39, 0.29) is 17.6 Å². The molecule has 30 valence electrons. The van der Waals surface area contributed by atoms with E-state index in [4.69, 9.17) is 7.74 Å². The molecule has 0 N–H and O–H groups in total. The molecule has 0 aromatic carbocycles. The molecule has 4 heteroatoms. The summed E-state index contributed by atoms with van der Waals surface area (Å²) in [4.78, 5) is 0. The molecule has 6 heavy (non-hydrogen) atoms. The summed E-state index contributed by atoms with van der Waals surface area (Å²) in [5.41, 5.74) is 0. The molecule has 0 amide bonds. The maximum absolute atomic E-state index is 4.96. The van der Waals surface area contributed by atoms with E-state index in [1.165, 1.54) is 0 Å². The van der Waals surface area contributed by atoms with Crippen LogP contribution < -0.4 is 0 Å². The molecule has 0 saturated carbocycles. The van der Waals surface area contributed by atoms with Gasteiger partial charge in [-0.2, -0.15) is 0 Å². The number of hydrogen-bond acceptors (Lipinski definition) is 0. The van der Waals surface area contributed by atoms with Crippen LogP contribution in [-0.2, 0) is 0 Å². The van der Waals surface area contributed by atoms with Gasteiger partial charge in [-0.3, -0.25) is 0 Å². The van der Waals surface area contributed by atoms with E-state index in [2.05, 4.69) is 0 Å². The zero-order chi connectivity index (χ0) is 4.12. The fourth-order valence-corrected chi connectivity index (χ4v) is 0.136. The molecular weight excluding hydrogens is 129 g/mol. The van der Waals surface area contributed by atoms with Crippen molar-refractivity contribution in [2.24, 2.45) is 0 Å². The van der Waals surface area contributed by atoms with Gasteiger partial charge in [0, 0.05) is 14.8 Å². The summed E-state index contributed by atoms with van der Waals surface area (Å²) in [6.07, 6.45) is 1.04. The molecule has 4 radical (unpaired) electrons. The van der Waals surface area contributed by atoms with E-state index in [9.17, 15) is 0 Å². The van der Waals surface area contributed by atoms with E-state index < -0.39 is 0 Å². The predicted octanol–water partition coefficient (Wildman–Crippen LogP) is -1.62. The second kappa shape index (κ2) is 9.22. The first kappa shape index (κ1) is 9.88. The molecule has 0 aromatic heterocycles. The van der Waals surface area contributed by atoms with Crippen LogP contribution in [0.5, 0.6) is 0 Å². The average molecular weight is 138 g/mol. The Balaban J connectivity index is 0. The minimum atomic E-state index is 0. The van der Waals surface area contributed by atoms with Gasteiger partial charge in [-0.15, -0.1) is 0 Å². The summed E-state index contributed by atoms with van der Waals surface area (Å²) in [7, 11) is 8.42. The fourth-order valence-electron chi connectivity index (χ4n) is 0.136. The molecule has 0 aromatic rings. The first-order valence-corrected chi connectivity index (χ1v) is 1.78. The van der Waals surface area contributed by atoms with Gasteiger partial charge in [-0.1, -0.05) is 13.2 Å². The van der Waals surface area contributed by atoms with Crippen LogP contribution in [0.4, 0.5) is 0 Å². The average Bonchev–Trinajstić information content (AvgIpc) is 1.41. The van der Waals surface area contributed by atoms with Crippen LogP contribution >= 0.6 is 0 Å². The standard InChI is InChI=1S/C2H5B3.GeH4/c1-2-4-5-3;/h2H2,1H3;1H4. The van der Waals surface area contributed by atoms with Crippen molar-refractivity contribution >= 4 is 39.6 Å². The molecule has 0 nitrogen and oxygen atoms in total. The zero-order valence-electron chi connectivity index (χ0n) is 3.44. The molecule has 0 atom stereocenters. The Morgan fingerprint density at radius 3 is 2.17 bits per heavy atom. The quantitative estimate of drug-likeness (QED) is 0.402. The van der Waals surface area contributed by atoms with E-state index in [1.54, 1.807) is 7.06 Å². The second-order valence-electron chi connectivity index (χ2n) is 0.836. The third-order valence-electron chi connectivity index (χ3n) is 0.372. The topological polar surface area (TPSA) is 0 Å². The van der Waals surface area contributed by atoms with E-state index in [0.717, 1.165) is 6.32 Å². The van der Waals surface area contributed by atoms with Gasteiger partial charge in [0.15, 0.2) is 0 Å². The molecule has 0 heterocycles. The SMILES string of the molecule is [B][B][B]CC.[GeH4]. The molecular formula is C2H9B3Ge. The fraction of sp³-hybridized carbons (Fsp3) is 1.00. The van der Waals surface area contributed by atoms with Crippen LogP contribution in [0, 0.1) is 0 Å². The summed E-state index contributed by atoms with van der Waals surface area (Å²) in [5.74, 6) is 0. The van der Waals surface area contributed by atoms with Gasteiger partial charge in [-0.25, -0.2) is 0 Å². The van der Waals surface area contributed by atoms with E-state index in [0.29, 0.717) is 0 Å². The van der Waals surface area contributed by atoms with Gasteiger partial charge in [0.1, 0.15) is 0 Å². The van der Waals surface area contributed by atoms with Crippen molar-refractivity contribution < 1.29 is 0 Å². The Morgan fingerprint density at radius 2 is 2.17 bits per heavy atom. The molecule has 0 fully saturated rings. The zero-order valence-corrected chi connectivity index (χ0v) is 3.44. The van der Waals surface area contributed by atoms with Crippen molar-refractivity contribution in [1.82, 2.24) is 0 Å². The van der Waals surface area contributed by atoms with E-state index >= 15 is 0 Å². The van der Waals surface area contributed by atoms with Gasteiger partial charge in [0.25, 0.3) is 0 Å². The molecule has 0 bridgehead atoms. The van der Waals surface area contributed by atoms with Crippen molar-refractivity contribution in [3.05, 3.63) is 0 Å². The van der Waals surface area contributed by atoms with Crippen LogP contribution in [0.3, 0.4) is 0 Å². The van der Waals surface area contributed by atoms with Crippen molar-refractivity contribution in [2.75, 3.05) is 0 Å². The predicted molar refractivity (Wildman–Crippen MR) is 39.1 cm³/mol. The molecule has 0 rings (SSSR count). The van der Waals surface area contributed by atoms with Gasteiger partial charge >= 0.3 is 17.6 Å². The Morgan fingerprint density at radius 1 is 1.67 bits per heavy atom.